The van der Waals surface area contributed by atoms with Gasteiger partial charge in [-0.15, -0.1) is 0 Å². The first-order valence-corrected chi connectivity index (χ1v) is 45.9. The molecular formula is C95H164Ac3O36. The van der Waals surface area contributed by atoms with Crippen LogP contribution in [-0.4, -0.2) is 349 Å². The third kappa shape index (κ3) is 30.3. The molecule has 10 rings (SSSR count). The topological polar surface area (TPSA) is 566 Å². The molecule has 4 heterocycles. The molecule has 0 aromatic rings. The third-order valence-corrected chi connectivity index (χ3v) is 30.7. The molecule has 17 N–H and O–H groups in total. The number of ether oxygens (including phenoxy) is 13. The van der Waals surface area contributed by atoms with Crippen LogP contribution in [0.15, 0.2) is 34.9 Å². The van der Waals surface area contributed by atoms with Gasteiger partial charge in [0.1, 0.15) is 18.3 Å². The number of hydrogen-bond donors (Lipinski definition) is 17. The summed E-state index contributed by atoms with van der Waals surface area (Å²) in [4.78, 5) is 70.7. The molecule has 3 radical (unpaired) electrons. The fourth-order valence-corrected chi connectivity index (χ4v) is 18.7. The Morgan fingerprint density at radius 3 is 0.896 bits per heavy atom. The van der Waals surface area contributed by atoms with Crippen molar-refractivity contribution in [3.05, 3.63) is 34.9 Å². The molecule has 0 bridgehead atoms. The van der Waals surface area contributed by atoms with Gasteiger partial charge in [-0.25, -0.2) is 28.8 Å². The number of aliphatic carboxylic acids is 1. The molecule has 0 spiro atoms. The van der Waals surface area contributed by atoms with Crippen LogP contribution in [0.3, 0.4) is 0 Å². The molecule has 769 valence electrons. The normalized spacial score (nSPS) is 35.5. The van der Waals surface area contributed by atoms with E-state index in [0.29, 0.717) is 47.7 Å². The van der Waals surface area contributed by atoms with Crippen molar-refractivity contribution in [1.29, 1.82) is 0 Å². The standard InChI is InChI=1S/C19H34O5.C19H32O4.2C17H30O8.C13H22O4.C10H16O7.3Ac/c1-11(2)12(3)13-9-19(21,16(20)22-8)10-14-15(13)24-18(6,7)17(4,5)23-14;1-11(2)12(3)14-9-13(17(20)21-8)10-15-16(14)23-19(6,7)18(4,5)22-15;2*1-15(2)16(3,4)25-13-9(12(20)10(19)8-18)6-17(22,14(21)23-5)7-11(13)24-15;1-7(2)8(3)10-5-9(13(16)17-4)6-11(14)12(10)15;11-3-7(13)9(15)5-1-4(10(16)17)2-6(12)8(5)14;;;/h11-15,21H,9-10H2,1-8H3;9,11-12,14-16H,10H2,1-8H3;2*9-13,18-20,22H,6-8H2,1-5H3;5,7-8,10-12,14-15H,6H2,1-4H3;1,5-9,11-15H,2-3H2,(H,16,17);;;/t12?,13-,14+,15+,19-;12?,14-,15+,16+;2*9-,10?,11+,12?,13+,17-;8?,10-,11+,12+;5-,6-,7?,8-,9?;;;/m000001.../s1. The average Bonchev–Trinajstić information content (AvgIpc) is 0.898. The Balaban J connectivity index is 0.000000545. The molecule has 9 unspecified atom stereocenters. The van der Waals surface area contributed by atoms with E-state index in [1.807, 2.05) is 90.0 Å². The first kappa shape index (κ1) is 129. The molecule has 3 saturated carbocycles. The molecule has 0 amide bonds. The molecule has 36 nitrogen and oxygen atoms in total. The number of fused-ring (bicyclic) bond motifs is 4. The van der Waals surface area contributed by atoms with E-state index < -0.39 is 209 Å². The van der Waals surface area contributed by atoms with Crippen LogP contribution in [0.2, 0.25) is 0 Å². The van der Waals surface area contributed by atoms with Crippen molar-refractivity contribution in [2.24, 2.45) is 71.0 Å². The Morgan fingerprint density at radius 2 is 0.590 bits per heavy atom. The third-order valence-electron chi connectivity index (χ3n) is 30.7. The Labute approximate surface area is 899 Å². The fraction of sp³-hybridized carbons (Fsp3) is 0.874. The average molecular weight is 2560 g/mol. The van der Waals surface area contributed by atoms with Gasteiger partial charge in [0.25, 0.3) is 0 Å². The molecule has 7 fully saturated rings. The second kappa shape index (κ2) is 51.6. The molecule has 4 aliphatic heterocycles. The van der Waals surface area contributed by atoms with Crippen LogP contribution in [0, 0.1) is 203 Å². The summed E-state index contributed by atoms with van der Waals surface area (Å²) in [5, 5.41) is 167. The van der Waals surface area contributed by atoms with E-state index in [1.165, 1.54) is 35.5 Å². The number of carboxylic acid groups (broad SMARTS) is 1. The number of hydrogen-bond acceptors (Lipinski definition) is 35. The van der Waals surface area contributed by atoms with E-state index in [-0.39, 0.29) is 248 Å². The summed E-state index contributed by atoms with van der Waals surface area (Å²) >= 11 is 0. The summed E-state index contributed by atoms with van der Waals surface area (Å²) in [7, 11) is 6.42. The summed E-state index contributed by atoms with van der Waals surface area (Å²) < 4.78 is 74.3. The minimum absolute atomic E-state index is 0. The minimum Gasteiger partial charge on any atom is -0.478 e. The maximum absolute atomic E-state index is 12.2. The smallest absolute Gasteiger partial charge is 0.337 e. The Bertz CT molecular complexity index is 3780. The van der Waals surface area contributed by atoms with E-state index in [2.05, 4.69) is 93.9 Å². The molecule has 134 heavy (non-hydrogen) atoms. The zero-order valence-corrected chi connectivity index (χ0v) is 98.9. The van der Waals surface area contributed by atoms with E-state index >= 15 is 0 Å². The van der Waals surface area contributed by atoms with E-state index in [1.54, 1.807) is 6.08 Å². The van der Waals surface area contributed by atoms with Crippen molar-refractivity contribution in [2.75, 3.05) is 55.4 Å². The maximum Gasteiger partial charge on any atom is 0.337 e. The van der Waals surface area contributed by atoms with Gasteiger partial charge in [-0.3, -0.25) is 0 Å². The molecule has 4 saturated heterocycles. The van der Waals surface area contributed by atoms with Crippen LogP contribution < -0.4 is 0 Å². The second-order valence-electron chi connectivity index (χ2n) is 42.7. The SMILES string of the molecule is COC(=O)C1=C[C@@H](C(C)C(C)C)[C@@H](O)[C@H](O)C1.COC(=O)C1=C[C@@H](C(C)C(C)C)[C@H]2OC(C)(C)C(C)(C)O[C@@H]2C1.COC(=O)[C@@]1(O)C[C@H]2OC(C)(C)C(C)(C)O[C@@H]2[C@H](C(C)C(C)C)C1.COC(=O)[C@@]1(O)C[C@H]2OC(C)(C)C(C)(C)O[C@@H]2[C@H](C(O)C(O)CO)C1.COC(=O)[C@@]1(O)C[C@H]2OC(C)(C)C(C)(C)O[C@@H]2[C@H](C(O)C(O)CO)C1.O=C(O)C1=C[C@@H](C(O)C(O)CO)[C@@H](O)[C@H](O)C1.[Ac].[Ac].[Ac]. The number of aliphatic hydroxyl groups excluding tert-OH is 13. The van der Waals surface area contributed by atoms with Gasteiger partial charge in [-0.05, 0) is 171 Å². The summed E-state index contributed by atoms with van der Waals surface area (Å²) in [6.45, 7) is 48.4. The Hall–Kier alpha value is -0.595. The molecule has 10 aliphatic rings. The molecule has 0 aromatic carbocycles. The number of aliphatic hydroxyl groups is 16. The first-order chi connectivity index (χ1) is 59.9. The zero-order chi connectivity index (χ0) is 101. The summed E-state index contributed by atoms with van der Waals surface area (Å²) in [5.41, 5.74) is -8.73. The predicted octanol–water partition coefficient (Wildman–Crippen LogP) is 3.96. The van der Waals surface area contributed by atoms with Crippen LogP contribution >= 0.6 is 0 Å². The fourth-order valence-electron chi connectivity index (χ4n) is 18.7. The van der Waals surface area contributed by atoms with Crippen molar-refractivity contribution in [3.63, 3.8) is 0 Å². The van der Waals surface area contributed by atoms with Crippen molar-refractivity contribution < 1.29 is 309 Å². The number of carboxylic acids is 1. The largest absolute Gasteiger partial charge is 0.478 e. The number of carbonyl (C=O) groups excluding carboxylic acids is 5. The molecular weight excluding hydrogens is 2400 g/mol. The van der Waals surface area contributed by atoms with Crippen LogP contribution in [-0.2, 0) is 90.3 Å². The molecule has 39 heteroatoms. The molecule has 6 aliphatic carbocycles. The van der Waals surface area contributed by atoms with Crippen LogP contribution in [0.1, 0.15) is 231 Å². The maximum atomic E-state index is 12.2. The van der Waals surface area contributed by atoms with Gasteiger partial charge in [0.05, 0.1) is 192 Å². The van der Waals surface area contributed by atoms with Gasteiger partial charge in [-0.1, -0.05) is 80.5 Å². The van der Waals surface area contributed by atoms with Crippen LogP contribution in [0.25, 0.3) is 0 Å². The van der Waals surface area contributed by atoms with Crippen LogP contribution in [0.4, 0.5) is 0 Å². The molecule has 30 atom stereocenters. The van der Waals surface area contributed by atoms with E-state index in [0.717, 1.165) is 6.08 Å². The van der Waals surface area contributed by atoms with E-state index in [9.17, 15) is 95.2 Å². The van der Waals surface area contributed by atoms with Gasteiger partial charge >= 0.3 is 35.8 Å². The summed E-state index contributed by atoms with van der Waals surface area (Å²) in [6.07, 6.45) is -10.8. The van der Waals surface area contributed by atoms with Gasteiger partial charge in [0.15, 0.2) is 16.8 Å². The van der Waals surface area contributed by atoms with Crippen molar-refractivity contribution in [1.82, 2.24) is 0 Å². The van der Waals surface area contributed by atoms with E-state index in [4.69, 9.17) is 77.3 Å². The van der Waals surface area contributed by atoms with Gasteiger partial charge in [-0.2, -0.15) is 0 Å². The van der Waals surface area contributed by atoms with Gasteiger partial charge < -0.3 is 148 Å². The first-order valence-electron chi connectivity index (χ1n) is 45.9. The van der Waals surface area contributed by atoms with Gasteiger partial charge in [0.2, 0.25) is 0 Å². The minimum atomic E-state index is -1.86. The molecule has 0 aromatic heterocycles. The number of esters is 5. The van der Waals surface area contributed by atoms with Gasteiger partial charge in [0, 0.05) is 217 Å². The number of methoxy groups -OCH3 is 5. The number of carbonyl (C=O) groups is 6. The van der Waals surface area contributed by atoms with Crippen molar-refractivity contribution in [3.8, 4) is 0 Å². The zero-order valence-electron chi connectivity index (χ0n) is 84.6. The summed E-state index contributed by atoms with van der Waals surface area (Å²) in [5.74, 6) is -4.80. The predicted molar refractivity (Wildman–Crippen MR) is 474 cm³/mol. The summed E-state index contributed by atoms with van der Waals surface area (Å²) in [6, 6.07) is 0. The van der Waals surface area contributed by atoms with Crippen molar-refractivity contribution in [2.45, 2.75) is 402 Å². The number of rotatable bonds is 21. The monoisotopic (exact) mass is 2560 g/mol. The quantitative estimate of drug-likeness (QED) is 0.0571. The Morgan fingerprint density at radius 1 is 0.336 bits per heavy atom. The Kier molecular flexibility index (Phi) is 49.9. The van der Waals surface area contributed by atoms with Crippen LogP contribution in [0.5, 0.6) is 0 Å². The second-order valence-corrected chi connectivity index (χ2v) is 42.7. The van der Waals surface area contributed by atoms with Crippen molar-refractivity contribution >= 4 is 35.8 Å².